The largest absolute Gasteiger partial charge is 0.426 e. The van der Waals surface area contributed by atoms with Crippen LogP contribution in [-0.2, 0) is 4.79 Å². The van der Waals surface area contributed by atoms with Crippen molar-refractivity contribution in [2.24, 2.45) is 0 Å². The summed E-state index contributed by atoms with van der Waals surface area (Å²) in [5.41, 5.74) is -4.92. The molecule has 0 heterocycles. The predicted octanol–water partition coefficient (Wildman–Crippen LogP) is 3.83. The quantitative estimate of drug-likeness (QED) is 0.815. The molecule has 22 heavy (non-hydrogen) atoms. The molecule has 0 spiro atoms. The van der Waals surface area contributed by atoms with Gasteiger partial charge in [0.1, 0.15) is 0 Å². The van der Waals surface area contributed by atoms with E-state index in [1.165, 1.54) is 25.1 Å². The zero-order chi connectivity index (χ0) is 17.3. The predicted molar refractivity (Wildman–Crippen MR) is 66.5 cm³/mol. The fourth-order valence-corrected chi connectivity index (χ4v) is 1.71. The van der Waals surface area contributed by atoms with E-state index in [1.807, 2.05) is 5.32 Å². The summed E-state index contributed by atoms with van der Waals surface area (Å²) in [4.78, 5) is 11.5. The second kappa shape index (κ2) is 5.96. The van der Waals surface area contributed by atoms with Crippen LogP contribution < -0.4 is 5.32 Å². The van der Waals surface area contributed by atoms with Crippen molar-refractivity contribution in [2.75, 3.05) is 5.32 Å². The Balaban J connectivity index is 3.01. The third-order valence-electron chi connectivity index (χ3n) is 2.90. The topological polar surface area (TPSA) is 49.3 Å². The molecule has 1 aromatic rings. The Hall–Kier alpha value is -1.48. The van der Waals surface area contributed by atoms with Gasteiger partial charge in [-0.15, -0.1) is 0 Å². The third kappa shape index (κ3) is 3.64. The Morgan fingerprint density at radius 1 is 1.18 bits per heavy atom. The van der Waals surface area contributed by atoms with E-state index in [1.54, 1.807) is 0 Å². The molecular formula is C12H10ClF6NO2. The average molecular weight is 350 g/mol. The van der Waals surface area contributed by atoms with Crippen LogP contribution in [0.3, 0.4) is 0 Å². The molecule has 10 heteroatoms. The molecule has 1 aromatic carbocycles. The molecule has 0 saturated carbocycles. The number of benzene rings is 1. The van der Waals surface area contributed by atoms with Crippen LogP contribution in [0.15, 0.2) is 18.2 Å². The number of halogens is 7. The van der Waals surface area contributed by atoms with Crippen molar-refractivity contribution < 1.29 is 36.2 Å². The minimum Gasteiger partial charge on any atom is -0.373 e. The summed E-state index contributed by atoms with van der Waals surface area (Å²) in [5, 5.41) is 11.0. The number of nitrogens with one attached hydrogen (secondary N) is 1. The molecule has 1 amide bonds. The van der Waals surface area contributed by atoms with Crippen LogP contribution in [0.2, 0.25) is 5.02 Å². The highest BCUT2D eigenvalue weighted by Crippen LogP contribution is 2.45. The van der Waals surface area contributed by atoms with Gasteiger partial charge in [-0.05, 0) is 24.6 Å². The number of carbonyl (C=O) groups is 1. The Labute approximate surface area is 125 Å². The minimum atomic E-state index is -6.05. The third-order valence-corrected chi connectivity index (χ3v) is 3.31. The van der Waals surface area contributed by atoms with Gasteiger partial charge in [0.25, 0.3) is 5.60 Å². The Morgan fingerprint density at radius 3 is 2.14 bits per heavy atom. The van der Waals surface area contributed by atoms with Crippen LogP contribution in [0.5, 0.6) is 0 Å². The lowest BCUT2D eigenvalue weighted by molar-refractivity contribution is -0.366. The number of carbonyl (C=O) groups excluding carboxylic acids is 1. The first kappa shape index (κ1) is 18.6. The second-order valence-electron chi connectivity index (χ2n) is 4.49. The molecule has 124 valence electrons. The van der Waals surface area contributed by atoms with Crippen molar-refractivity contribution in [3.05, 3.63) is 28.8 Å². The monoisotopic (exact) mass is 349 g/mol. The van der Waals surface area contributed by atoms with E-state index in [4.69, 9.17) is 16.7 Å². The van der Waals surface area contributed by atoms with Gasteiger partial charge in [-0.1, -0.05) is 17.7 Å². The maximum Gasteiger partial charge on any atom is 0.426 e. The van der Waals surface area contributed by atoms with E-state index >= 15 is 0 Å². The van der Waals surface area contributed by atoms with Crippen LogP contribution >= 0.6 is 11.6 Å². The van der Waals surface area contributed by atoms with Crippen molar-refractivity contribution in [2.45, 2.75) is 31.3 Å². The maximum atomic E-state index is 12.5. The summed E-state index contributed by atoms with van der Waals surface area (Å²) in [6.07, 6.45) is -14.3. The molecule has 0 atom stereocenters. The van der Waals surface area contributed by atoms with E-state index in [9.17, 15) is 31.1 Å². The average Bonchev–Trinajstić information content (AvgIpc) is 2.32. The maximum absolute atomic E-state index is 12.5. The summed E-state index contributed by atoms with van der Waals surface area (Å²) in [7, 11) is 0. The number of alkyl halides is 6. The van der Waals surface area contributed by atoms with E-state index in [0.29, 0.717) is 0 Å². The fourth-order valence-electron chi connectivity index (χ4n) is 1.53. The lowest BCUT2D eigenvalue weighted by atomic mass is 9.97. The molecule has 0 aliphatic heterocycles. The Bertz CT molecular complexity index is 556. The summed E-state index contributed by atoms with van der Waals surface area (Å²) < 4.78 is 74.8. The van der Waals surface area contributed by atoms with Crippen LogP contribution in [0.4, 0.5) is 32.0 Å². The van der Waals surface area contributed by atoms with Crippen molar-refractivity contribution in [1.29, 1.82) is 0 Å². The van der Waals surface area contributed by atoms with Crippen LogP contribution in [-0.4, -0.2) is 29.0 Å². The lowest BCUT2D eigenvalue weighted by Gasteiger charge is -2.31. The molecule has 0 saturated heterocycles. The number of hydrogen-bond donors (Lipinski definition) is 2. The molecular weight excluding hydrogens is 340 g/mol. The SMILES string of the molecule is Cc1c(Cl)cccc1NC(=O)CC(O)(C(F)(F)F)C(F)(F)F. The highest BCUT2D eigenvalue weighted by atomic mass is 35.5. The normalized spacial score (nSPS) is 13.1. The van der Waals surface area contributed by atoms with E-state index in [0.717, 1.165) is 0 Å². The molecule has 0 unspecified atom stereocenters. The summed E-state index contributed by atoms with van der Waals surface area (Å²) in [5.74, 6) is -1.65. The van der Waals surface area contributed by atoms with Crippen molar-refractivity contribution in [3.8, 4) is 0 Å². The molecule has 0 aliphatic rings. The minimum absolute atomic E-state index is 0.0517. The van der Waals surface area contributed by atoms with Crippen LogP contribution in [0.25, 0.3) is 0 Å². The van der Waals surface area contributed by atoms with Gasteiger partial charge in [0.2, 0.25) is 5.91 Å². The first-order valence-electron chi connectivity index (χ1n) is 5.70. The van der Waals surface area contributed by atoms with E-state index in [2.05, 4.69) is 0 Å². The van der Waals surface area contributed by atoms with Gasteiger partial charge in [-0.25, -0.2) is 0 Å². The van der Waals surface area contributed by atoms with E-state index < -0.39 is 30.3 Å². The fraction of sp³-hybridized carbons (Fsp3) is 0.417. The Morgan fingerprint density at radius 2 is 1.68 bits per heavy atom. The van der Waals surface area contributed by atoms with Crippen molar-refractivity contribution >= 4 is 23.2 Å². The van der Waals surface area contributed by atoms with Gasteiger partial charge in [-0.2, -0.15) is 26.3 Å². The van der Waals surface area contributed by atoms with Crippen LogP contribution in [0, 0.1) is 6.92 Å². The van der Waals surface area contributed by atoms with Gasteiger partial charge in [0, 0.05) is 10.7 Å². The number of rotatable bonds is 3. The number of hydrogen-bond acceptors (Lipinski definition) is 2. The Kier molecular flexibility index (Phi) is 5.03. The molecule has 1 rings (SSSR count). The summed E-state index contributed by atoms with van der Waals surface area (Å²) >= 11 is 5.71. The highest BCUT2D eigenvalue weighted by Gasteiger charge is 2.71. The zero-order valence-corrected chi connectivity index (χ0v) is 11.7. The van der Waals surface area contributed by atoms with Gasteiger partial charge in [0.15, 0.2) is 0 Å². The first-order valence-corrected chi connectivity index (χ1v) is 6.08. The first-order chi connectivity index (χ1) is 9.79. The molecule has 0 aromatic heterocycles. The summed E-state index contributed by atoms with van der Waals surface area (Å²) in [6, 6.07) is 4.03. The molecule has 0 bridgehead atoms. The smallest absolute Gasteiger partial charge is 0.373 e. The number of anilines is 1. The molecule has 2 N–H and O–H groups in total. The molecule has 0 radical (unpaired) electrons. The standard InChI is InChI=1S/C12H10ClF6NO2/c1-6-7(13)3-2-4-8(6)20-9(21)5-10(22,11(14,15)16)12(17,18)19/h2-4,22H,5H2,1H3,(H,20,21). The number of aliphatic hydroxyl groups is 1. The molecule has 0 fully saturated rings. The van der Waals surface area contributed by atoms with Gasteiger partial charge in [-0.3, -0.25) is 4.79 Å². The van der Waals surface area contributed by atoms with Gasteiger partial charge in [0.05, 0.1) is 6.42 Å². The lowest BCUT2D eigenvalue weighted by Crippen LogP contribution is -2.58. The summed E-state index contributed by atoms with van der Waals surface area (Å²) in [6.45, 7) is 1.41. The van der Waals surface area contributed by atoms with Gasteiger partial charge >= 0.3 is 12.4 Å². The second-order valence-corrected chi connectivity index (χ2v) is 4.90. The van der Waals surface area contributed by atoms with Crippen molar-refractivity contribution in [3.63, 3.8) is 0 Å². The van der Waals surface area contributed by atoms with Crippen LogP contribution in [0.1, 0.15) is 12.0 Å². The molecule has 3 nitrogen and oxygen atoms in total. The van der Waals surface area contributed by atoms with E-state index in [-0.39, 0.29) is 16.3 Å². The van der Waals surface area contributed by atoms with Crippen molar-refractivity contribution in [1.82, 2.24) is 0 Å². The molecule has 0 aliphatic carbocycles. The number of amides is 1. The van der Waals surface area contributed by atoms with Gasteiger partial charge < -0.3 is 10.4 Å². The zero-order valence-electron chi connectivity index (χ0n) is 10.9. The highest BCUT2D eigenvalue weighted by molar-refractivity contribution is 6.31.